The van der Waals surface area contributed by atoms with E-state index in [0.29, 0.717) is 16.3 Å². The first-order valence-electron chi connectivity index (χ1n) is 7.51. The summed E-state index contributed by atoms with van der Waals surface area (Å²) in [5, 5.41) is 3.13. The normalized spacial score (nSPS) is 17.3. The Kier molecular flexibility index (Phi) is 5.16. The van der Waals surface area contributed by atoms with Crippen LogP contribution in [0.25, 0.3) is 6.08 Å². The third-order valence-electron chi connectivity index (χ3n) is 3.65. The van der Waals surface area contributed by atoms with Crippen LogP contribution in [0.4, 0.5) is 0 Å². The number of hydrogen-bond donors (Lipinski definition) is 1. The second-order valence-electron chi connectivity index (χ2n) is 5.38. The molecule has 0 fully saturated rings. The summed E-state index contributed by atoms with van der Waals surface area (Å²) in [6, 6.07) is 16.1. The average Bonchev–Trinajstić information content (AvgIpc) is 2.61. The maximum Gasteiger partial charge on any atom is 0.243 e. The maximum atomic E-state index is 12.6. The molecular formula is C19H13ClN2O2S. The van der Waals surface area contributed by atoms with Crippen molar-refractivity contribution < 1.29 is 9.59 Å². The Balaban J connectivity index is 1.90. The van der Waals surface area contributed by atoms with E-state index in [9.17, 15) is 9.59 Å². The summed E-state index contributed by atoms with van der Waals surface area (Å²) >= 11 is 10.8. The van der Waals surface area contributed by atoms with E-state index < -0.39 is 11.8 Å². The van der Waals surface area contributed by atoms with Crippen molar-refractivity contribution in [2.75, 3.05) is 0 Å². The van der Waals surface area contributed by atoms with Crippen molar-refractivity contribution in [1.29, 1.82) is 0 Å². The number of thiocarbonyl (C=S) groups is 1. The van der Waals surface area contributed by atoms with Gasteiger partial charge in [-0.1, -0.05) is 60.1 Å². The number of allylic oxidation sites excluding steroid dienone is 1. The zero-order valence-corrected chi connectivity index (χ0v) is 14.6. The Hall–Kier alpha value is -2.63. The van der Waals surface area contributed by atoms with Gasteiger partial charge in [0.25, 0.3) is 0 Å². The Morgan fingerprint density at radius 3 is 2.48 bits per heavy atom. The van der Waals surface area contributed by atoms with Crippen LogP contribution in [0, 0.1) is 5.92 Å². The molecule has 25 heavy (non-hydrogen) atoms. The lowest BCUT2D eigenvalue weighted by Gasteiger charge is -2.21. The zero-order valence-electron chi connectivity index (χ0n) is 13.0. The van der Waals surface area contributed by atoms with Crippen molar-refractivity contribution in [3.8, 4) is 0 Å². The summed E-state index contributed by atoms with van der Waals surface area (Å²) in [4.78, 5) is 29.2. The minimum absolute atomic E-state index is 0.0644. The Bertz CT molecular complexity index is 889. The van der Waals surface area contributed by atoms with E-state index in [1.165, 1.54) is 6.08 Å². The van der Waals surface area contributed by atoms with Gasteiger partial charge in [0.05, 0.1) is 5.71 Å². The molecule has 4 nitrogen and oxygen atoms in total. The minimum atomic E-state index is -1.03. The smallest absolute Gasteiger partial charge is 0.243 e. The van der Waals surface area contributed by atoms with Crippen LogP contribution >= 0.6 is 23.8 Å². The Labute approximate surface area is 155 Å². The van der Waals surface area contributed by atoms with Gasteiger partial charge in [0.1, 0.15) is 5.92 Å². The van der Waals surface area contributed by atoms with E-state index in [2.05, 4.69) is 10.3 Å². The van der Waals surface area contributed by atoms with Gasteiger partial charge in [-0.15, -0.1) is 0 Å². The van der Waals surface area contributed by atoms with Gasteiger partial charge in [-0.25, -0.2) is 4.99 Å². The molecule has 1 aliphatic rings. The van der Waals surface area contributed by atoms with Crippen LogP contribution in [-0.2, 0) is 9.59 Å². The lowest BCUT2D eigenvalue weighted by atomic mass is 9.90. The van der Waals surface area contributed by atoms with Crippen LogP contribution in [0.2, 0.25) is 5.02 Å². The summed E-state index contributed by atoms with van der Waals surface area (Å²) < 4.78 is 0. The first kappa shape index (κ1) is 17.2. The van der Waals surface area contributed by atoms with Crippen molar-refractivity contribution in [1.82, 2.24) is 5.32 Å². The maximum absolute atomic E-state index is 12.6. The quantitative estimate of drug-likeness (QED) is 0.511. The summed E-state index contributed by atoms with van der Waals surface area (Å²) in [5.74, 6) is -1.86. The predicted molar refractivity (Wildman–Crippen MR) is 103 cm³/mol. The predicted octanol–water partition coefficient (Wildman–Crippen LogP) is 3.44. The van der Waals surface area contributed by atoms with Gasteiger partial charge in [-0.2, -0.15) is 0 Å². The van der Waals surface area contributed by atoms with E-state index in [1.54, 1.807) is 42.5 Å². The van der Waals surface area contributed by atoms with Gasteiger partial charge in [-0.05, 0) is 41.6 Å². The number of nitrogens with zero attached hydrogens (tertiary/aromatic N) is 1. The lowest BCUT2D eigenvalue weighted by Crippen LogP contribution is -2.46. The molecule has 0 saturated heterocycles. The largest absolute Gasteiger partial charge is 0.300 e. The molecule has 1 N–H and O–H groups in total. The number of benzene rings is 2. The van der Waals surface area contributed by atoms with Crippen molar-refractivity contribution in [3.05, 3.63) is 76.8 Å². The number of amides is 1. The molecule has 0 aliphatic carbocycles. The fourth-order valence-corrected chi connectivity index (χ4v) is 2.78. The van der Waals surface area contributed by atoms with Gasteiger partial charge < -0.3 is 5.32 Å². The van der Waals surface area contributed by atoms with Crippen molar-refractivity contribution >= 4 is 52.4 Å². The molecule has 6 heteroatoms. The molecule has 0 spiro atoms. The molecule has 2 aromatic carbocycles. The van der Waals surface area contributed by atoms with Crippen LogP contribution in [-0.4, -0.2) is 22.5 Å². The number of hydrogen-bond acceptors (Lipinski definition) is 3. The fourth-order valence-electron chi connectivity index (χ4n) is 2.46. The Morgan fingerprint density at radius 1 is 1.12 bits per heavy atom. The van der Waals surface area contributed by atoms with Gasteiger partial charge in [0.2, 0.25) is 5.91 Å². The first-order chi connectivity index (χ1) is 12.0. The van der Waals surface area contributed by atoms with Crippen LogP contribution < -0.4 is 5.32 Å². The number of nitrogens with one attached hydrogen (secondary N) is 1. The van der Waals surface area contributed by atoms with Gasteiger partial charge >= 0.3 is 0 Å². The van der Waals surface area contributed by atoms with Gasteiger partial charge in [0.15, 0.2) is 10.9 Å². The zero-order chi connectivity index (χ0) is 17.8. The fraction of sp³-hybridized carbons (Fsp3) is 0.0526. The minimum Gasteiger partial charge on any atom is -0.300 e. The molecule has 1 amide bonds. The second kappa shape index (κ2) is 7.51. The third-order valence-corrected chi connectivity index (χ3v) is 4.10. The summed E-state index contributed by atoms with van der Waals surface area (Å²) in [5.41, 5.74) is 1.86. The average molecular weight is 369 g/mol. The van der Waals surface area contributed by atoms with Crippen LogP contribution in [0.15, 0.2) is 65.7 Å². The molecule has 0 radical (unpaired) electrons. The summed E-state index contributed by atoms with van der Waals surface area (Å²) in [6.07, 6.45) is 3.02. The molecule has 124 valence electrons. The van der Waals surface area contributed by atoms with Crippen LogP contribution in [0.5, 0.6) is 0 Å². The number of halogens is 1. The molecule has 0 bridgehead atoms. The molecular weight excluding hydrogens is 356 g/mol. The van der Waals surface area contributed by atoms with E-state index in [4.69, 9.17) is 23.8 Å². The van der Waals surface area contributed by atoms with E-state index in [1.807, 2.05) is 18.2 Å². The topological polar surface area (TPSA) is 58.5 Å². The number of carbonyl (C=O) groups is 2. The molecule has 3 rings (SSSR count). The van der Waals surface area contributed by atoms with E-state index >= 15 is 0 Å². The highest BCUT2D eigenvalue weighted by molar-refractivity contribution is 7.80. The van der Waals surface area contributed by atoms with E-state index in [-0.39, 0.29) is 10.9 Å². The summed E-state index contributed by atoms with van der Waals surface area (Å²) in [7, 11) is 0. The Morgan fingerprint density at radius 2 is 1.80 bits per heavy atom. The van der Waals surface area contributed by atoms with Gasteiger partial charge in [-0.3, -0.25) is 9.59 Å². The highest BCUT2D eigenvalue weighted by Gasteiger charge is 2.35. The van der Waals surface area contributed by atoms with Crippen LogP contribution in [0.1, 0.15) is 11.1 Å². The van der Waals surface area contributed by atoms with E-state index in [0.717, 1.165) is 5.56 Å². The number of aliphatic imine (C=N–C) groups is 1. The third kappa shape index (κ3) is 4.07. The molecule has 1 unspecified atom stereocenters. The van der Waals surface area contributed by atoms with Crippen molar-refractivity contribution in [2.24, 2.45) is 10.9 Å². The van der Waals surface area contributed by atoms with Crippen LogP contribution in [0.3, 0.4) is 0 Å². The SMILES string of the molecule is O=C(/C=C/c1ccc(Cl)cc1)C1C(=O)NC(=S)N=C1c1ccccc1. The molecule has 1 aliphatic heterocycles. The summed E-state index contributed by atoms with van der Waals surface area (Å²) in [6.45, 7) is 0. The van der Waals surface area contributed by atoms with Crippen molar-refractivity contribution in [3.63, 3.8) is 0 Å². The molecule has 1 atom stereocenters. The molecule has 1 heterocycles. The highest BCUT2D eigenvalue weighted by Crippen LogP contribution is 2.17. The highest BCUT2D eigenvalue weighted by atomic mass is 35.5. The molecule has 2 aromatic rings. The first-order valence-corrected chi connectivity index (χ1v) is 8.29. The standard InChI is InChI=1S/C19H13ClN2O2S/c20-14-9-6-12(7-10-14)8-11-15(23)16-17(13-4-2-1-3-5-13)21-19(25)22-18(16)24/h1-11,16H,(H,22,24,25)/b11-8+. The molecule has 0 aromatic heterocycles. The number of ketones is 1. The lowest BCUT2D eigenvalue weighted by molar-refractivity contribution is -0.128. The number of carbonyl (C=O) groups excluding carboxylic acids is 2. The van der Waals surface area contributed by atoms with Gasteiger partial charge in [0, 0.05) is 5.02 Å². The second-order valence-corrected chi connectivity index (χ2v) is 6.20. The monoisotopic (exact) mass is 368 g/mol. The molecule has 0 saturated carbocycles. The number of rotatable bonds is 4. The van der Waals surface area contributed by atoms with Crippen molar-refractivity contribution in [2.45, 2.75) is 0 Å².